The van der Waals surface area contributed by atoms with E-state index in [4.69, 9.17) is 0 Å². The molecular formula is C20H19FN4O. The average molecular weight is 350 g/mol. The Labute approximate surface area is 150 Å². The molecule has 0 amide bonds. The van der Waals surface area contributed by atoms with Gasteiger partial charge in [-0.3, -0.25) is 5.21 Å². The highest BCUT2D eigenvalue weighted by Gasteiger charge is 2.34. The van der Waals surface area contributed by atoms with Gasteiger partial charge in [0.25, 0.3) is 0 Å². The van der Waals surface area contributed by atoms with Crippen molar-refractivity contribution in [3.63, 3.8) is 0 Å². The van der Waals surface area contributed by atoms with Crippen LogP contribution in [0, 0.1) is 11.7 Å². The Morgan fingerprint density at radius 2 is 1.81 bits per heavy atom. The maximum atomic E-state index is 13.3. The number of hydrogen-bond acceptors (Lipinski definition) is 4. The van der Waals surface area contributed by atoms with Crippen molar-refractivity contribution in [2.75, 3.05) is 0 Å². The first-order valence-corrected chi connectivity index (χ1v) is 8.51. The number of amidine groups is 1. The summed E-state index contributed by atoms with van der Waals surface area (Å²) in [6.45, 7) is 3.90. The van der Waals surface area contributed by atoms with E-state index >= 15 is 0 Å². The second-order valence-corrected chi connectivity index (χ2v) is 6.64. The van der Waals surface area contributed by atoms with E-state index in [0.717, 1.165) is 16.5 Å². The number of hydrogen-bond donors (Lipinski definition) is 2. The third-order valence-electron chi connectivity index (χ3n) is 4.57. The van der Waals surface area contributed by atoms with Crippen LogP contribution in [0.5, 0.6) is 0 Å². The lowest BCUT2D eigenvalue weighted by atomic mass is 9.94. The van der Waals surface area contributed by atoms with E-state index in [-0.39, 0.29) is 11.7 Å². The number of hydroxylamine groups is 2. The highest BCUT2D eigenvalue weighted by molar-refractivity contribution is 6.09. The molecule has 3 aromatic rings. The average Bonchev–Trinajstić information content (AvgIpc) is 3.05. The molecule has 132 valence electrons. The molecule has 0 aliphatic carbocycles. The minimum Gasteiger partial charge on any atom is -0.361 e. The Bertz CT molecular complexity index is 1000. The summed E-state index contributed by atoms with van der Waals surface area (Å²) in [5.41, 5.74) is 3.15. The number of aromatic amines is 1. The molecule has 1 aliphatic heterocycles. The lowest BCUT2D eigenvalue weighted by Gasteiger charge is -2.33. The van der Waals surface area contributed by atoms with Crippen LogP contribution in [0.15, 0.2) is 64.9 Å². The normalized spacial score (nSPS) is 17.6. The minimum atomic E-state index is -0.536. The summed E-state index contributed by atoms with van der Waals surface area (Å²) in [6.07, 6.45) is 1.88. The lowest BCUT2D eigenvalue weighted by molar-refractivity contribution is -0.0397. The monoisotopic (exact) mass is 350 g/mol. The van der Waals surface area contributed by atoms with Gasteiger partial charge in [-0.2, -0.15) is 5.10 Å². The van der Waals surface area contributed by atoms with Gasteiger partial charge in [-0.05, 0) is 18.2 Å². The first-order chi connectivity index (χ1) is 12.6. The van der Waals surface area contributed by atoms with Crippen LogP contribution in [-0.4, -0.2) is 26.8 Å². The van der Waals surface area contributed by atoms with E-state index in [1.165, 1.54) is 17.2 Å². The molecule has 2 aromatic carbocycles. The van der Waals surface area contributed by atoms with Crippen LogP contribution in [-0.2, 0) is 0 Å². The fourth-order valence-electron chi connectivity index (χ4n) is 3.27. The van der Waals surface area contributed by atoms with Gasteiger partial charge >= 0.3 is 0 Å². The maximum absolute atomic E-state index is 13.3. The Morgan fingerprint density at radius 1 is 1.08 bits per heavy atom. The van der Waals surface area contributed by atoms with Gasteiger partial charge in [0.2, 0.25) is 0 Å². The van der Waals surface area contributed by atoms with Crippen LogP contribution in [0.3, 0.4) is 0 Å². The van der Waals surface area contributed by atoms with Crippen molar-refractivity contribution in [1.29, 1.82) is 0 Å². The van der Waals surface area contributed by atoms with Crippen molar-refractivity contribution in [3.05, 3.63) is 71.7 Å². The molecule has 5 nitrogen and oxygen atoms in total. The molecule has 1 aliphatic rings. The number of benzene rings is 2. The lowest BCUT2D eigenvalue weighted by Crippen LogP contribution is -2.41. The van der Waals surface area contributed by atoms with Gasteiger partial charge in [0.15, 0.2) is 5.84 Å². The minimum absolute atomic E-state index is 0.00576. The quantitative estimate of drug-likeness (QED) is 0.730. The summed E-state index contributed by atoms with van der Waals surface area (Å²) in [5.74, 6) is 0.179. The van der Waals surface area contributed by atoms with Gasteiger partial charge in [-0.15, -0.1) is 5.10 Å². The van der Waals surface area contributed by atoms with E-state index in [1.807, 2.05) is 44.3 Å². The number of halogens is 1. The molecule has 0 bridgehead atoms. The summed E-state index contributed by atoms with van der Waals surface area (Å²) in [5, 5.41) is 21.7. The fourth-order valence-corrected chi connectivity index (χ4v) is 3.27. The van der Waals surface area contributed by atoms with Crippen molar-refractivity contribution in [3.8, 4) is 0 Å². The molecule has 6 heteroatoms. The Kier molecular flexibility index (Phi) is 4.05. The largest absolute Gasteiger partial charge is 0.361 e. The van der Waals surface area contributed by atoms with Gasteiger partial charge in [0.1, 0.15) is 17.6 Å². The van der Waals surface area contributed by atoms with Crippen LogP contribution in [0.4, 0.5) is 4.39 Å². The van der Waals surface area contributed by atoms with E-state index in [9.17, 15) is 9.60 Å². The zero-order chi connectivity index (χ0) is 18.3. The number of nitrogens with zero attached hydrogens (tertiary/aromatic N) is 3. The molecule has 0 saturated heterocycles. The summed E-state index contributed by atoms with van der Waals surface area (Å²) in [6, 6.07) is 13.4. The summed E-state index contributed by atoms with van der Waals surface area (Å²) in [7, 11) is 0. The third-order valence-corrected chi connectivity index (χ3v) is 4.57. The topological polar surface area (TPSA) is 64.0 Å². The highest BCUT2D eigenvalue weighted by Crippen LogP contribution is 2.34. The summed E-state index contributed by atoms with van der Waals surface area (Å²) >= 11 is 0. The van der Waals surface area contributed by atoms with E-state index in [2.05, 4.69) is 15.2 Å². The summed E-state index contributed by atoms with van der Waals surface area (Å²) in [4.78, 5) is 3.24. The van der Waals surface area contributed by atoms with Gasteiger partial charge in [0.05, 0.1) is 0 Å². The number of rotatable bonds is 3. The van der Waals surface area contributed by atoms with Crippen molar-refractivity contribution in [1.82, 2.24) is 10.0 Å². The van der Waals surface area contributed by atoms with E-state index in [1.54, 1.807) is 12.1 Å². The van der Waals surface area contributed by atoms with Crippen LogP contribution in [0.2, 0.25) is 0 Å². The zero-order valence-electron chi connectivity index (χ0n) is 14.5. The smallest absolute Gasteiger partial charge is 0.154 e. The number of fused-ring (bicyclic) bond motifs is 1. The Balaban J connectivity index is 1.89. The molecule has 2 heterocycles. The van der Waals surface area contributed by atoms with Gasteiger partial charge < -0.3 is 4.98 Å². The SMILES string of the molecule is CC(C)C1=NN=C(c2ccc(F)cc2)[C@H](c2c[nH]c3ccccc23)N1O. The molecule has 0 saturated carbocycles. The molecule has 0 unspecified atom stereocenters. The van der Waals surface area contributed by atoms with Gasteiger partial charge in [-0.25, -0.2) is 9.45 Å². The van der Waals surface area contributed by atoms with Gasteiger partial charge in [0, 0.05) is 34.1 Å². The molecule has 0 fully saturated rings. The van der Waals surface area contributed by atoms with Crippen molar-refractivity contribution in [2.45, 2.75) is 19.9 Å². The first kappa shape index (κ1) is 16.5. The predicted octanol–water partition coefficient (Wildman–Crippen LogP) is 4.51. The van der Waals surface area contributed by atoms with Crippen molar-refractivity contribution in [2.24, 2.45) is 16.1 Å². The zero-order valence-corrected chi connectivity index (χ0v) is 14.5. The van der Waals surface area contributed by atoms with E-state index < -0.39 is 6.04 Å². The Hall–Kier alpha value is -2.99. The fraction of sp³-hybridized carbons (Fsp3) is 0.200. The molecule has 4 rings (SSSR count). The molecule has 26 heavy (non-hydrogen) atoms. The van der Waals surface area contributed by atoms with E-state index in [0.29, 0.717) is 17.1 Å². The predicted molar refractivity (Wildman–Crippen MR) is 99.9 cm³/mol. The molecule has 1 atom stereocenters. The van der Waals surface area contributed by atoms with Crippen LogP contribution >= 0.6 is 0 Å². The van der Waals surface area contributed by atoms with Gasteiger partial charge in [-0.1, -0.05) is 44.2 Å². The van der Waals surface area contributed by atoms with Crippen LogP contribution in [0.1, 0.15) is 31.0 Å². The molecule has 0 radical (unpaired) electrons. The molecule has 2 N–H and O–H groups in total. The number of nitrogens with one attached hydrogen (secondary N) is 1. The summed E-state index contributed by atoms with van der Waals surface area (Å²) < 4.78 is 13.3. The van der Waals surface area contributed by atoms with Crippen LogP contribution in [0.25, 0.3) is 10.9 Å². The van der Waals surface area contributed by atoms with Crippen molar-refractivity contribution >= 4 is 22.5 Å². The first-order valence-electron chi connectivity index (χ1n) is 8.51. The Morgan fingerprint density at radius 3 is 2.54 bits per heavy atom. The highest BCUT2D eigenvalue weighted by atomic mass is 19.1. The van der Waals surface area contributed by atoms with Crippen LogP contribution < -0.4 is 0 Å². The standard InChI is InChI=1S/C20H19FN4O/c1-12(2)20-24-23-18(13-7-9-14(21)10-8-13)19(25(20)26)16-11-22-17-6-4-3-5-15(16)17/h3-12,19,22,26H,1-2H3/t19-/m0/s1. The number of aromatic nitrogens is 1. The van der Waals surface area contributed by atoms with Crippen molar-refractivity contribution < 1.29 is 9.60 Å². The number of H-pyrrole nitrogens is 1. The third kappa shape index (κ3) is 2.68. The second kappa shape index (κ2) is 6.38. The second-order valence-electron chi connectivity index (χ2n) is 6.64. The molecule has 0 spiro atoms. The molecule has 1 aromatic heterocycles. The maximum Gasteiger partial charge on any atom is 0.154 e. The molecular weight excluding hydrogens is 331 g/mol. The number of para-hydroxylation sites is 1.